The van der Waals surface area contributed by atoms with Crippen LogP contribution in [0.15, 0.2) is 12.1 Å². The summed E-state index contributed by atoms with van der Waals surface area (Å²) in [4.78, 5) is 0. The number of methoxy groups -OCH3 is 3. The molecule has 24 heavy (non-hydrogen) atoms. The molecule has 0 saturated carbocycles. The van der Waals surface area contributed by atoms with Gasteiger partial charge in [0.25, 0.3) is 7.37 Å². The number of rotatable bonds is 11. The van der Waals surface area contributed by atoms with E-state index < -0.39 is 13.4 Å². The monoisotopic (exact) mass is 362 g/mol. The highest BCUT2D eigenvalue weighted by molar-refractivity contribution is 7.67. The molecule has 0 fully saturated rings. The zero-order valence-corrected chi connectivity index (χ0v) is 16.1. The van der Waals surface area contributed by atoms with Crippen molar-refractivity contribution in [2.24, 2.45) is 0 Å². The quantitative estimate of drug-likeness (QED) is 0.442. The molecular weight excluding hydrogens is 335 g/mol. The van der Waals surface area contributed by atoms with Crippen LogP contribution in [-0.4, -0.2) is 47.2 Å². The largest absolute Gasteiger partial charge is 0.493 e. The van der Waals surface area contributed by atoms with Gasteiger partial charge in [0.05, 0.1) is 27.9 Å². The topological polar surface area (TPSA) is 72.5 Å². The van der Waals surface area contributed by atoms with E-state index in [2.05, 4.69) is 0 Å². The van der Waals surface area contributed by atoms with Gasteiger partial charge in [-0.2, -0.15) is 0 Å². The van der Waals surface area contributed by atoms with E-state index in [1.807, 2.05) is 0 Å². The Kier molecular flexibility index (Phi) is 8.56. The van der Waals surface area contributed by atoms with Crippen molar-refractivity contribution < 1.29 is 32.8 Å². The van der Waals surface area contributed by atoms with Crippen molar-refractivity contribution in [1.82, 2.24) is 0 Å². The molecule has 1 aromatic rings. The molecule has 0 N–H and O–H groups in total. The lowest BCUT2D eigenvalue weighted by Gasteiger charge is -2.27. The average Bonchev–Trinajstić information content (AvgIpc) is 2.60. The standard InChI is InChI=1S/C16H27O7P/c1-7-21-16(22-8-2)24(17,23-9-3)12-10-13(18-4)15(20-6)14(11-12)19-5/h10-11,16H,7-9H2,1-6H3. The normalized spacial score (nSPS) is 13.6. The van der Waals surface area contributed by atoms with Crippen LogP contribution in [0.2, 0.25) is 0 Å². The van der Waals surface area contributed by atoms with Gasteiger partial charge in [-0.25, -0.2) is 0 Å². The number of hydrogen-bond donors (Lipinski definition) is 0. The summed E-state index contributed by atoms with van der Waals surface area (Å²) in [5, 5.41) is 0.380. The summed E-state index contributed by atoms with van der Waals surface area (Å²) >= 11 is 0. The number of ether oxygens (including phenoxy) is 5. The second-order valence-corrected chi connectivity index (χ2v) is 7.01. The second kappa shape index (κ2) is 9.89. The molecule has 138 valence electrons. The van der Waals surface area contributed by atoms with E-state index in [0.29, 0.717) is 35.8 Å². The molecule has 0 aliphatic rings. The molecule has 0 bridgehead atoms. The Bertz CT molecular complexity index is 530. The molecule has 1 unspecified atom stereocenters. The van der Waals surface area contributed by atoms with Crippen LogP contribution in [0.1, 0.15) is 20.8 Å². The van der Waals surface area contributed by atoms with Gasteiger partial charge in [0, 0.05) is 18.5 Å². The lowest BCUT2D eigenvalue weighted by atomic mass is 10.3. The Labute approximate surface area is 143 Å². The molecule has 1 atom stereocenters. The highest BCUT2D eigenvalue weighted by Gasteiger charge is 2.39. The lowest BCUT2D eigenvalue weighted by molar-refractivity contribution is -0.0875. The van der Waals surface area contributed by atoms with Crippen molar-refractivity contribution in [3.05, 3.63) is 12.1 Å². The van der Waals surface area contributed by atoms with Crippen molar-refractivity contribution in [2.45, 2.75) is 26.8 Å². The fourth-order valence-electron chi connectivity index (χ4n) is 2.23. The Hall–Kier alpha value is -1.27. The third-order valence-corrected chi connectivity index (χ3v) is 5.70. The highest BCUT2D eigenvalue weighted by Crippen LogP contribution is 2.54. The van der Waals surface area contributed by atoms with Crippen molar-refractivity contribution in [3.8, 4) is 17.2 Å². The van der Waals surface area contributed by atoms with Gasteiger partial charge in [0.2, 0.25) is 11.8 Å². The summed E-state index contributed by atoms with van der Waals surface area (Å²) in [7, 11) is 1.01. The average molecular weight is 362 g/mol. The third-order valence-electron chi connectivity index (χ3n) is 3.23. The molecule has 0 heterocycles. The van der Waals surface area contributed by atoms with Crippen LogP contribution in [0, 0.1) is 0 Å². The summed E-state index contributed by atoms with van der Waals surface area (Å²) in [6.45, 7) is 6.29. The molecule has 0 aliphatic heterocycles. The molecule has 1 aromatic carbocycles. The molecule has 1 rings (SSSR count). The first-order valence-corrected chi connectivity index (χ1v) is 9.49. The lowest BCUT2D eigenvalue weighted by Crippen LogP contribution is -2.26. The summed E-state index contributed by atoms with van der Waals surface area (Å²) in [6.07, 6.45) is 0. The summed E-state index contributed by atoms with van der Waals surface area (Å²) < 4.78 is 46.2. The first-order valence-electron chi connectivity index (χ1n) is 7.80. The molecule has 0 aromatic heterocycles. The van der Waals surface area contributed by atoms with Crippen LogP contribution in [0.4, 0.5) is 0 Å². The minimum absolute atomic E-state index is 0.241. The summed E-state index contributed by atoms with van der Waals surface area (Å²) in [5.74, 6) is 1.19. The van der Waals surface area contributed by atoms with Gasteiger partial charge in [-0.3, -0.25) is 4.57 Å². The highest BCUT2D eigenvalue weighted by atomic mass is 31.2. The fourth-order valence-corrected chi connectivity index (χ4v) is 4.41. The van der Waals surface area contributed by atoms with Gasteiger partial charge < -0.3 is 28.2 Å². The van der Waals surface area contributed by atoms with Crippen molar-refractivity contribution >= 4 is 12.7 Å². The van der Waals surface area contributed by atoms with Crippen LogP contribution in [0.25, 0.3) is 0 Å². The van der Waals surface area contributed by atoms with Gasteiger partial charge in [-0.15, -0.1) is 0 Å². The first-order chi connectivity index (χ1) is 11.5. The summed E-state index contributed by atoms with van der Waals surface area (Å²) in [6, 6.07) is 2.20. The Balaban J connectivity index is 3.50. The van der Waals surface area contributed by atoms with Gasteiger partial charge >= 0.3 is 0 Å². The summed E-state index contributed by atoms with van der Waals surface area (Å²) in [5.41, 5.74) is 0. The van der Waals surface area contributed by atoms with E-state index in [0.717, 1.165) is 0 Å². The van der Waals surface area contributed by atoms with E-state index in [-0.39, 0.29) is 6.61 Å². The van der Waals surface area contributed by atoms with Crippen LogP contribution in [0.3, 0.4) is 0 Å². The van der Waals surface area contributed by atoms with Gasteiger partial charge in [-0.05, 0) is 32.9 Å². The SMILES string of the molecule is CCOC(OCC)P(=O)(OCC)c1cc(OC)c(OC)c(OC)c1. The number of benzene rings is 1. The fraction of sp³-hybridized carbons (Fsp3) is 0.625. The van der Waals surface area contributed by atoms with Gasteiger partial charge in [0.15, 0.2) is 11.5 Å². The maximum absolute atomic E-state index is 13.6. The predicted molar refractivity (Wildman–Crippen MR) is 92.0 cm³/mol. The Morgan fingerprint density at radius 1 is 0.875 bits per heavy atom. The zero-order valence-electron chi connectivity index (χ0n) is 15.2. The molecule has 0 spiro atoms. The molecular formula is C16H27O7P. The van der Waals surface area contributed by atoms with Crippen molar-refractivity contribution in [2.75, 3.05) is 41.2 Å². The maximum Gasteiger partial charge on any atom is 0.286 e. The van der Waals surface area contributed by atoms with Crippen LogP contribution >= 0.6 is 7.37 Å². The van der Waals surface area contributed by atoms with Crippen LogP contribution in [0.5, 0.6) is 17.2 Å². The Morgan fingerprint density at radius 2 is 1.38 bits per heavy atom. The molecule has 0 saturated heterocycles. The first kappa shape index (κ1) is 20.8. The van der Waals surface area contributed by atoms with E-state index in [4.69, 9.17) is 28.2 Å². The van der Waals surface area contributed by atoms with Gasteiger partial charge in [0.1, 0.15) is 0 Å². The maximum atomic E-state index is 13.6. The molecule has 8 heteroatoms. The predicted octanol–water partition coefficient (Wildman–Crippen LogP) is 3.01. The van der Waals surface area contributed by atoms with Crippen LogP contribution in [-0.2, 0) is 18.6 Å². The zero-order chi connectivity index (χ0) is 18.2. The molecule has 0 amide bonds. The van der Waals surface area contributed by atoms with Crippen molar-refractivity contribution in [1.29, 1.82) is 0 Å². The molecule has 7 nitrogen and oxygen atoms in total. The van der Waals surface area contributed by atoms with E-state index in [1.165, 1.54) is 21.3 Å². The Morgan fingerprint density at radius 3 is 1.71 bits per heavy atom. The smallest absolute Gasteiger partial charge is 0.286 e. The molecule has 0 aliphatic carbocycles. The van der Waals surface area contributed by atoms with E-state index in [9.17, 15) is 4.57 Å². The minimum atomic E-state index is -3.49. The van der Waals surface area contributed by atoms with Crippen molar-refractivity contribution in [3.63, 3.8) is 0 Å². The third kappa shape index (κ3) is 4.42. The minimum Gasteiger partial charge on any atom is -0.493 e. The van der Waals surface area contributed by atoms with Crippen LogP contribution < -0.4 is 19.5 Å². The van der Waals surface area contributed by atoms with E-state index >= 15 is 0 Å². The number of hydrogen-bond acceptors (Lipinski definition) is 7. The molecule has 0 radical (unpaired) electrons. The second-order valence-electron chi connectivity index (χ2n) is 4.62. The van der Waals surface area contributed by atoms with Gasteiger partial charge in [-0.1, -0.05) is 0 Å². The van der Waals surface area contributed by atoms with E-state index in [1.54, 1.807) is 32.9 Å².